The van der Waals surface area contributed by atoms with E-state index in [0.717, 1.165) is 11.1 Å². The summed E-state index contributed by atoms with van der Waals surface area (Å²) in [5, 5.41) is 8.25. The number of sulfonamides is 1. The number of nitrogens with one attached hydrogen (secondary N) is 1. The molecule has 2 unspecified atom stereocenters. The number of benzene rings is 2. The summed E-state index contributed by atoms with van der Waals surface area (Å²) in [7, 11) is -0.652. The lowest BCUT2D eigenvalue weighted by Crippen LogP contribution is -2.29. The van der Waals surface area contributed by atoms with Gasteiger partial charge in [-0.25, -0.2) is 13.6 Å². The molecule has 0 aromatic heterocycles. The molecule has 1 aliphatic carbocycles. The van der Waals surface area contributed by atoms with Crippen LogP contribution in [0.1, 0.15) is 41.3 Å². The zero-order valence-electron chi connectivity index (χ0n) is 17.1. The Kier molecular flexibility index (Phi) is 5.36. The van der Waals surface area contributed by atoms with Gasteiger partial charge in [-0.3, -0.25) is 4.79 Å². The summed E-state index contributed by atoms with van der Waals surface area (Å²) < 4.78 is 33.6. The van der Waals surface area contributed by atoms with Gasteiger partial charge in [0.05, 0.1) is 24.7 Å². The van der Waals surface area contributed by atoms with Gasteiger partial charge in [0, 0.05) is 18.0 Å². The molecule has 3 N–H and O–H groups in total. The van der Waals surface area contributed by atoms with Crippen molar-refractivity contribution in [3.8, 4) is 11.5 Å². The highest BCUT2D eigenvalue weighted by atomic mass is 32.2. The Labute approximate surface area is 171 Å². The summed E-state index contributed by atoms with van der Waals surface area (Å²) in [6.45, 7) is 5.99. The lowest BCUT2D eigenvalue weighted by atomic mass is 10.0. The summed E-state index contributed by atoms with van der Waals surface area (Å²) in [6.07, 6.45) is 0. The number of hydrogen-bond donors (Lipinski definition) is 2. The first-order valence-electron chi connectivity index (χ1n) is 9.17. The quantitative estimate of drug-likeness (QED) is 0.750. The molecule has 7 nitrogen and oxygen atoms in total. The molecule has 156 valence electrons. The van der Waals surface area contributed by atoms with Gasteiger partial charge in [0.25, 0.3) is 5.91 Å². The van der Waals surface area contributed by atoms with Gasteiger partial charge in [-0.15, -0.1) is 0 Å². The molecular formula is C21H26N2O5S. The Morgan fingerprint density at radius 3 is 2.17 bits per heavy atom. The van der Waals surface area contributed by atoms with E-state index >= 15 is 0 Å². The van der Waals surface area contributed by atoms with Crippen LogP contribution in [0.5, 0.6) is 11.5 Å². The molecule has 1 aliphatic rings. The second-order valence-corrected chi connectivity index (χ2v) is 9.45. The number of carbonyl (C=O) groups excluding carboxylic acids is 1. The number of ether oxygens (including phenoxy) is 2. The van der Waals surface area contributed by atoms with Crippen LogP contribution in [-0.2, 0) is 10.0 Å². The van der Waals surface area contributed by atoms with Gasteiger partial charge in [0.2, 0.25) is 10.0 Å². The summed E-state index contributed by atoms with van der Waals surface area (Å²) in [4.78, 5) is 13.0. The number of nitrogens with two attached hydrogens (primary N) is 1. The molecule has 3 rings (SSSR count). The molecule has 0 aliphatic heterocycles. The Bertz CT molecular complexity index is 1050. The third kappa shape index (κ3) is 3.95. The topological polar surface area (TPSA) is 108 Å². The van der Waals surface area contributed by atoms with E-state index in [1.54, 1.807) is 31.4 Å². The van der Waals surface area contributed by atoms with Gasteiger partial charge >= 0.3 is 0 Å². The molecule has 2 atom stereocenters. The second-order valence-electron chi connectivity index (χ2n) is 7.89. The SMILES string of the molecule is COc1cc(OC)c(C(=O)NC2C(c3ccc(S(N)(=O)=O)cc3)C2(C)C)cc1C. The van der Waals surface area contributed by atoms with E-state index in [2.05, 4.69) is 19.2 Å². The van der Waals surface area contributed by atoms with Crippen molar-refractivity contribution in [2.45, 2.75) is 37.6 Å². The fourth-order valence-corrected chi connectivity index (χ4v) is 4.36. The molecule has 0 saturated heterocycles. The van der Waals surface area contributed by atoms with Crippen molar-refractivity contribution in [3.05, 3.63) is 53.1 Å². The van der Waals surface area contributed by atoms with Gasteiger partial charge < -0.3 is 14.8 Å². The van der Waals surface area contributed by atoms with E-state index in [1.807, 2.05) is 6.92 Å². The average molecular weight is 419 g/mol. The molecule has 0 spiro atoms. The highest BCUT2D eigenvalue weighted by Crippen LogP contribution is 2.58. The predicted molar refractivity (Wildman–Crippen MR) is 110 cm³/mol. The van der Waals surface area contributed by atoms with Crippen molar-refractivity contribution >= 4 is 15.9 Å². The normalized spacial score (nSPS) is 20.1. The fourth-order valence-electron chi connectivity index (χ4n) is 3.85. The minimum atomic E-state index is -3.73. The van der Waals surface area contributed by atoms with E-state index < -0.39 is 10.0 Å². The molecule has 1 amide bonds. The third-order valence-electron chi connectivity index (χ3n) is 5.64. The van der Waals surface area contributed by atoms with E-state index in [9.17, 15) is 13.2 Å². The van der Waals surface area contributed by atoms with Crippen molar-refractivity contribution in [1.29, 1.82) is 0 Å². The zero-order valence-corrected chi connectivity index (χ0v) is 18.0. The maximum absolute atomic E-state index is 12.9. The van der Waals surface area contributed by atoms with E-state index in [-0.39, 0.29) is 28.2 Å². The summed E-state index contributed by atoms with van der Waals surface area (Å²) in [6, 6.07) is 9.83. The second kappa shape index (κ2) is 7.35. The number of primary sulfonamides is 1. The number of aryl methyl sites for hydroxylation is 1. The minimum Gasteiger partial charge on any atom is -0.496 e. The number of rotatable bonds is 6. The first kappa shape index (κ1) is 21.1. The number of hydrogen-bond acceptors (Lipinski definition) is 5. The van der Waals surface area contributed by atoms with Crippen LogP contribution in [0.2, 0.25) is 0 Å². The molecule has 1 saturated carbocycles. The van der Waals surface area contributed by atoms with Crippen LogP contribution in [0.15, 0.2) is 41.3 Å². The Morgan fingerprint density at radius 1 is 1.07 bits per heavy atom. The maximum Gasteiger partial charge on any atom is 0.255 e. The number of carbonyl (C=O) groups is 1. The van der Waals surface area contributed by atoms with Crippen LogP contribution in [0.4, 0.5) is 0 Å². The van der Waals surface area contributed by atoms with E-state index in [0.29, 0.717) is 17.1 Å². The van der Waals surface area contributed by atoms with Gasteiger partial charge in [0.1, 0.15) is 11.5 Å². The minimum absolute atomic E-state index is 0.0614. The van der Waals surface area contributed by atoms with Crippen LogP contribution < -0.4 is 19.9 Å². The predicted octanol–water partition coefficient (Wildman–Crippen LogP) is 2.58. The number of methoxy groups -OCH3 is 2. The largest absolute Gasteiger partial charge is 0.496 e. The molecule has 8 heteroatoms. The molecular weight excluding hydrogens is 392 g/mol. The first-order valence-corrected chi connectivity index (χ1v) is 10.7. The number of amides is 1. The summed E-state index contributed by atoms with van der Waals surface area (Å²) in [5.74, 6) is 0.927. The lowest BCUT2D eigenvalue weighted by Gasteiger charge is -2.13. The molecule has 2 aromatic carbocycles. The molecule has 0 bridgehead atoms. The highest BCUT2D eigenvalue weighted by Gasteiger charge is 2.59. The van der Waals surface area contributed by atoms with Crippen LogP contribution in [-0.4, -0.2) is 34.6 Å². The van der Waals surface area contributed by atoms with Crippen molar-refractivity contribution in [3.63, 3.8) is 0 Å². The van der Waals surface area contributed by atoms with Gasteiger partial charge in [-0.05, 0) is 41.7 Å². The van der Waals surface area contributed by atoms with Crippen LogP contribution in [0.3, 0.4) is 0 Å². The van der Waals surface area contributed by atoms with Crippen molar-refractivity contribution in [2.24, 2.45) is 10.6 Å². The smallest absolute Gasteiger partial charge is 0.255 e. The molecule has 29 heavy (non-hydrogen) atoms. The van der Waals surface area contributed by atoms with Crippen LogP contribution in [0, 0.1) is 12.3 Å². The molecule has 0 radical (unpaired) electrons. The van der Waals surface area contributed by atoms with Gasteiger partial charge in [0.15, 0.2) is 0 Å². The average Bonchev–Trinajstić information content (AvgIpc) is 3.20. The third-order valence-corrected chi connectivity index (χ3v) is 6.57. The maximum atomic E-state index is 12.9. The van der Waals surface area contributed by atoms with Gasteiger partial charge in [-0.2, -0.15) is 0 Å². The zero-order chi connectivity index (χ0) is 21.6. The van der Waals surface area contributed by atoms with Crippen LogP contribution >= 0.6 is 0 Å². The van der Waals surface area contributed by atoms with Crippen molar-refractivity contribution < 1.29 is 22.7 Å². The molecule has 2 aromatic rings. The van der Waals surface area contributed by atoms with Crippen molar-refractivity contribution in [2.75, 3.05) is 14.2 Å². The van der Waals surface area contributed by atoms with Gasteiger partial charge in [-0.1, -0.05) is 26.0 Å². The van der Waals surface area contributed by atoms with E-state index in [4.69, 9.17) is 14.6 Å². The summed E-state index contributed by atoms with van der Waals surface area (Å²) >= 11 is 0. The van der Waals surface area contributed by atoms with Crippen LogP contribution in [0.25, 0.3) is 0 Å². The molecule has 1 fully saturated rings. The first-order chi connectivity index (χ1) is 13.5. The Balaban J connectivity index is 1.82. The monoisotopic (exact) mass is 418 g/mol. The fraction of sp³-hybridized carbons (Fsp3) is 0.381. The standard InChI is InChI=1S/C21H26N2O5S/c1-12-10-15(17(28-5)11-16(12)27-4)20(24)23-19-18(21(19,2)3)13-6-8-14(9-7-13)29(22,25)26/h6-11,18-19H,1-5H3,(H,23,24)(H2,22,25,26). The Morgan fingerprint density at radius 2 is 1.66 bits per heavy atom. The molecule has 0 heterocycles. The Hall–Kier alpha value is -2.58. The van der Waals surface area contributed by atoms with Crippen molar-refractivity contribution in [1.82, 2.24) is 5.32 Å². The van der Waals surface area contributed by atoms with E-state index in [1.165, 1.54) is 19.2 Å². The summed E-state index contributed by atoms with van der Waals surface area (Å²) in [5.41, 5.74) is 2.05. The highest BCUT2D eigenvalue weighted by molar-refractivity contribution is 7.89. The lowest BCUT2D eigenvalue weighted by molar-refractivity contribution is 0.0942.